The van der Waals surface area contributed by atoms with E-state index in [0.29, 0.717) is 31.2 Å². The summed E-state index contributed by atoms with van der Waals surface area (Å²) in [6.45, 7) is 1.05. The van der Waals surface area contributed by atoms with Crippen LogP contribution in [0.4, 0.5) is 19.0 Å². The number of alkyl halides is 3. The van der Waals surface area contributed by atoms with E-state index in [1.807, 2.05) is 0 Å². The zero-order chi connectivity index (χ0) is 16.3. The van der Waals surface area contributed by atoms with Gasteiger partial charge in [0.05, 0.1) is 12.4 Å². The van der Waals surface area contributed by atoms with E-state index in [1.54, 1.807) is 0 Å². The third-order valence-corrected chi connectivity index (χ3v) is 3.81. The Morgan fingerprint density at radius 1 is 1.26 bits per heavy atom. The maximum atomic E-state index is 12.8. The molecular weight excluding hydrogens is 311 g/mol. The van der Waals surface area contributed by atoms with Crippen LogP contribution in [0.25, 0.3) is 11.2 Å². The first kappa shape index (κ1) is 16.0. The highest BCUT2D eigenvalue weighted by atomic mass is 19.4. The third kappa shape index (κ3) is 3.90. The molecule has 0 amide bonds. The van der Waals surface area contributed by atoms with Gasteiger partial charge in [0, 0.05) is 13.2 Å². The zero-order valence-corrected chi connectivity index (χ0v) is 12.5. The second-order valence-electron chi connectivity index (χ2n) is 5.55. The predicted octanol–water partition coefficient (Wildman–Crippen LogP) is 3.13. The highest BCUT2D eigenvalue weighted by Gasteiger charge is 2.36. The zero-order valence-electron chi connectivity index (χ0n) is 12.5. The number of H-pyrrole nitrogens is 1. The van der Waals surface area contributed by atoms with Crippen molar-refractivity contribution >= 4 is 17.0 Å². The van der Waals surface area contributed by atoms with Gasteiger partial charge in [0.15, 0.2) is 11.5 Å². The van der Waals surface area contributed by atoms with Crippen LogP contribution in [0.2, 0.25) is 0 Å². The summed E-state index contributed by atoms with van der Waals surface area (Å²) in [6.07, 6.45) is 2.35. The number of hydrogen-bond donors (Lipinski definition) is 2. The summed E-state index contributed by atoms with van der Waals surface area (Å²) in [7, 11) is 0. The summed E-state index contributed by atoms with van der Waals surface area (Å²) >= 11 is 0. The van der Waals surface area contributed by atoms with E-state index < -0.39 is 12.0 Å². The fraction of sp³-hybridized carbons (Fsp3) is 0.643. The molecule has 0 spiro atoms. The van der Waals surface area contributed by atoms with Crippen LogP contribution in [-0.2, 0) is 10.9 Å². The lowest BCUT2D eigenvalue weighted by molar-refractivity contribution is -0.144. The van der Waals surface area contributed by atoms with Crippen molar-refractivity contribution in [1.82, 2.24) is 19.9 Å². The summed E-state index contributed by atoms with van der Waals surface area (Å²) < 4.78 is 44.1. The Bertz CT molecular complexity index is 651. The van der Waals surface area contributed by atoms with Gasteiger partial charge in [-0.25, -0.2) is 15.0 Å². The minimum atomic E-state index is -4.60. The molecule has 0 bridgehead atoms. The Hall–Kier alpha value is -1.90. The molecule has 0 aromatic carbocycles. The molecular formula is C14H18F3N5O. The van der Waals surface area contributed by atoms with Crippen molar-refractivity contribution in [3.8, 4) is 0 Å². The monoisotopic (exact) mass is 329 g/mol. The van der Waals surface area contributed by atoms with Gasteiger partial charge in [-0.05, 0) is 19.3 Å². The summed E-state index contributed by atoms with van der Waals surface area (Å²) in [4.78, 5) is 13.5. The number of ether oxygens (including phenoxy) is 1. The van der Waals surface area contributed by atoms with E-state index in [-0.39, 0.29) is 11.5 Å². The van der Waals surface area contributed by atoms with Gasteiger partial charge < -0.3 is 15.0 Å². The first-order valence-corrected chi connectivity index (χ1v) is 7.68. The molecule has 0 radical (unpaired) electrons. The van der Waals surface area contributed by atoms with Gasteiger partial charge in [0.2, 0.25) is 5.82 Å². The molecule has 6 nitrogen and oxygen atoms in total. The molecule has 23 heavy (non-hydrogen) atoms. The minimum absolute atomic E-state index is 0.00275. The van der Waals surface area contributed by atoms with Crippen molar-refractivity contribution in [2.24, 2.45) is 0 Å². The topological polar surface area (TPSA) is 75.7 Å². The largest absolute Gasteiger partial charge is 0.451 e. The maximum Gasteiger partial charge on any atom is 0.451 e. The summed E-state index contributed by atoms with van der Waals surface area (Å²) in [5.74, 6) is -1.08. The number of rotatable bonds is 6. The summed E-state index contributed by atoms with van der Waals surface area (Å²) in [6, 6.07) is 0. The molecule has 1 aliphatic carbocycles. The second-order valence-corrected chi connectivity index (χ2v) is 5.55. The van der Waals surface area contributed by atoms with Crippen LogP contribution in [0.1, 0.15) is 37.9 Å². The molecule has 0 unspecified atom stereocenters. The van der Waals surface area contributed by atoms with E-state index >= 15 is 0 Å². The quantitative estimate of drug-likeness (QED) is 0.796. The molecule has 0 atom stereocenters. The lowest BCUT2D eigenvalue weighted by atomic mass is 10.3. The van der Waals surface area contributed by atoms with Crippen LogP contribution in [0.5, 0.6) is 0 Å². The van der Waals surface area contributed by atoms with Gasteiger partial charge in [-0.15, -0.1) is 0 Å². The van der Waals surface area contributed by atoms with Crippen LogP contribution in [0, 0.1) is 0 Å². The van der Waals surface area contributed by atoms with E-state index in [2.05, 4.69) is 25.3 Å². The molecule has 2 aromatic rings. The van der Waals surface area contributed by atoms with E-state index in [9.17, 15) is 13.2 Å². The Labute approximate surface area is 130 Å². The molecule has 1 aliphatic rings. The van der Waals surface area contributed by atoms with Crippen molar-refractivity contribution in [1.29, 1.82) is 0 Å². The smallest absolute Gasteiger partial charge is 0.378 e. The van der Waals surface area contributed by atoms with E-state index in [4.69, 9.17) is 4.74 Å². The number of nitrogens with zero attached hydrogens (tertiary/aromatic N) is 3. The van der Waals surface area contributed by atoms with Gasteiger partial charge >= 0.3 is 6.18 Å². The van der Waals surface area contributed by atoms with Crippen molar-refractivity contribution in [3.05, 3.63) is 12.2 Å². The van der Waals surface area contributed by atoms with Crippen LogP contribution < -0.4 is 5.32 Å². The number of nitrogens with one attached hydrogen (secondary N) is 2. The van der Waals surface area contributed by atoms with Crippen LogP contribution in [-0.4, -0.2) is 39.2 Å². The van der Waals surface area contributed by atoms with E-state index in [0.717, 1.165) is 12.8 Å². The Balaban J connectivity index is 1.59. The highest BCUT2D eigenvalue weighted by molar-refractivity contribution is 5.82. The molecule has 0 aliphatic heterocycles. The van der Waals surface area contributed by atoms with Crippen molar-refractivity contribution in [2.45, 2.75) is 44.4 Å². The molecule has 126 valence electrons. The number of fused-ring (bicyclic) bond motifs is 1. The number of halogens is 3. The molecule has 2 heterocycles. The summed E-state index contributed by atoms with van der Waals surface area (Å²) in [5.41, 5.74) is 0.367. The Morgan fingerprint density at radius 3 is 2.78 bits per heavy atom. The Kier molecular flexibility index (Phi) is 4.65. The molecule has 3 rings (SSSR count). The first-order chi connectivity index (χ1) is 11.0. The van der Waals surface area contributed by atoms with Crippen molar-refractivity contribution < 1.29 is 17.9 Å². The third-order valence-electron chi connectivity index (χ3n) is 3.81. The molecule has 2 N–H and O–H groups in total. The molecule has 1 saturated carbocycles. The maximum absolute atomic E-state index is 12.8. The summed E-state index contributed by atoms with van der Waals surface area (Å²) in [5, 5.41) is 2.91. The number of anilines is 1. The average Bonchev–Trinajstić information content (AvgIpc) is 3.16. The predicted molar refractivity (Wildman–Crippen MR) is 78.0 cm³/mol. The van der Waals surface area contributed by atoms with Crippen molar-refractivity contribution in [3.63, 3.8) is 0 Å². The van der Waals surface area contributed by atoms with Crippen LogP contribution in [0.3, 0.4) is 0 Å². The van der Waals surface area contributed by atoms with Gasteiger partial charge in [0.1, 0.15) is 5.52 Å². The SMILES string of the molecule is FC(F)(F)c1nc(NCCCOC2CCCC2)c2[nH]cnc2n1. The highest BCUT2D eigenvalue weighted by Crippen LogP contribution is 2.29. The Morgan fingerprint density at radius 2 is 2.04 bits per heavy atom. The first-order valence-electron chi connectivity index (χ1n) is 7.68. The molecule has 0 saturated heterocycles. The standard InChI is InChI=1S/C14H18F3N5O/c15-14(16,17)13-21-11(10-12(22-13)20-8-19-10)18-6-3-7-23-9-4-1-2-5-9/h8-9H,1-7H2,(H2,18,19,20,21,22). The lowest BCUT2D eigenvalue weighted by Gasteiger charge is -2.12. The minimum Gasteiger partial charge on any atom is -0.378 e. The second kappa shape index (κ2) is 6.69. The lowest BCUT2D eigenvalue weighted by Crippen LogP contribution is -2.15. The number of aromatic nitrogens is 4. The van der Waals surface area contributed by atoms with Crippen molar-refractivity contribution in [2.75, 3.05) is 18.5 Å². The normalized spacial score (nSPS) is 16.3. The van der Waals surface area contributed by atoms with Crippen LogP contribution in [0.15, 0.2) is 6.33 Å². The van der Waals surface area contributed by atoms with Crippen LogP contribution >= 0.6 is 0 Å². The van der Waals surface area contributed by atoms with Gasteiger partial charge in [0.25, 0.3) is 0 Å². The molecule has 9 heteroatoms. The number of aromatic amines is 1. The number of hydrogen-bond acceptors (Lipinski definition) is 5. The average molecular weight is 329 g/mol. The molecule has 1 fully saturated rings. The number of imidazole rings is 1. The molecule has 2 aromatic heterocycles. The van der Waals surface area contributed by atoms with Gasteiger partial charge in [-0.2, -0.15) is 13.2 Å². The van der Waals surface area contributed by atoms with Gasteiger partial charge in [-0.1, -0.05) is 12.8 Å². The van der Waals surface area contributed by atoms with Gasteiger partial charge in [-0.3, -0.25) is 0 Å². The fourth-order valence-electron chi connectivity index (χ4n) is 2.67. The fourth-order valence-corrected chi connectivity index (χ4v) is 2.67. The van der Waals surface area contributed by atoms with E-state index in [1.165, 1.54) is 19.2 Å².